The quantitative estimate of drug-likeness (QED) is 0.185. The average Bonchev–Trinajstić information content (AvgIpc) is 3.77. The Morgan fingerprint density at radius 1 is 0.380 bits per heavy atom. The zero-order valence-electron chi connectivity index (χ0n) is 26.7. The van der Waals surface area contributed by atoms with Crippen LogP contribution in [0.25, 0.3) is 98.5 Å². The first-order valence-corrected chi connectivity index (χ1v) is 17.4. The van der Waals surface area contributed by atoms with Crippen molar-refractivity contribution in [2.24, 2.45) is 0 Å². The first-order valence-electron chi connectivity index (χ1n) is 16.6. The van der Waals surface area contributed by atoms with Gasteiger partial charge in [-0.15, -0.1) is 11.3 Å². The summed E-state index contributed by atoms with van der Waals surface area (Å²) in [5, 5.41) is 4.71. The number of fused-ring (bicyclic) bond motifs is 6. The second kappa shape index (κ2) is 11.6. The molecule has 50 heavy (non-hydrogen) atoms. The summed E-state index contributed by atoms with van der Waals surface area (Å²) in [7, 11) is 0. The molecule has 0 fully saturated rings. The number of para-hydroxylation sites is 1. The summed E-state index contributed by atoms with van der Waals surface area (Å²) in [5.41, 5.74) is 8.91. The molecule has 0 radical (unpaired) electrons. The van der Waals surface area contributed by atoms with Gasteiger partial charge < -0.3 is 4.42 Å². The van der Waals surface area contributed by atoms with E-state index in [1.54, 1.807) is 0 Å². The molecule has 0 saturated carbocycles. The fourth-order valence-electron chi connectivity index (χ4n) is 6.93. The maximum absolute atomic E-state index is 6.58. The monoisotopic (exact) mass is 657 g/mol. The van der Waals surface area contributed by atoms with Crippen LogP contribution >= 0.6 is 11.3 Å². The lowest BCUT2D eigenvalue weighted by Crippen LogP contribution is -2.00. The summed E-state index contributed by atoms with van der Waals surface area (Å²) in [6, 6.07) is 56.8. The van der Waals surface area contributed by atoms with Crippen LogP contribution in [0.4, 0.5) is 0 Å². The van der Waals surface area contributed by atoms with Crippen LogP contribution in [0.2, 0.25) is 0 Å². The molecule has 10 rings (SSSR count). The first-order chi connectivity index (χ1) is 24.8. The molecule has 10 aromatic rings. The number of furan rings is 1. The van der Waals surface area contributed by atoms with E-state index in [4.69, 9.17) is 19.4 Å². The van der Waals surface area contributed by atoms with E-state index < -0.39 is 0 Å². The summed E-state index contributed by atoms with van der Waals surface area (Å²) in [4.78, 5) is 15.1. The topological polar surface area (TPSA) is 51.8 Å². The minimum absolute atomic E-state index is 0.594. The number of benzene rings is 7. The molecule has 4 nitrogen and oxygen atoms in total. The van der Waals surface area contributed by atoms with Gasteiger partial charge in [-0.05, 0) is 41.0 Å². The summed E-state index contributed by atoms with van der Waals surface area (Å²) < 4.78 is 9.15. The molecule has 234 valence electrons. The maximum Gasteiger partial charge on any atom is 0.164 e. The Kier molecular flexibility index (Phi) is 6.64. The summed E-state index contributed by atoms with van der Waals surface area (Å²) in [6.45, 7) is 0. The smallest absolute Gasteiger partial charge is 0.164 e. The van der Waals surface area contributed by atoms with Crippen LogP contribution in [-0.2, 0) is 0 Å². The Labute approximate surface area is 292 Å². The van der Waals surface area contributed by atoms with Crippen molar-refractivity contribution < 1.29 is 4.42 Å². The van der Waals surface area contributed by atoms with Crippen molar-refractivity contribution in [3.63, 3.8) is 0 Å². The van der Waals surface area contributed by atoms with Gasteiger partial charge in [0, 0.05) is 53.2 Å². The second-order valence-corrected chi connectivity index (χ2v) is 13.4. The fourth-order valence-corrected chi connectivity index (χ4v) is 8.17. The molecule has 0 aliphatic heterocycles. The highest BCUT2D eigenvalue weighted by atomic mass is 32.1. The Bertz CT molecular complexity index is 2870. The van der Waals surface area contributed by atoms with E-state index in [1.807, 2.05) is 47.7 Å². The molecule has 0 bridgehead atoms. The number of aromatic nitrogens is 3. The number of rotatable bonds is 5. The van der Waals surface area contributed by atoms with E-state index in [-0.39, 0.29) is 0 Å². The molecule has 3 heterocycles. The Morgan fingerprint density at radius 3 is 1.76 bits per heavy atom. The Hall–Kier alpha value is -6.43. The number of hydrogen-bond donors (Lipinski definition) is 0. The van der Waals surface area contributed by atoms with Crippen LogP contribution in [-0.4, -0.2) is 15.0 Å². The van der Waals surface area contributed by atoms with Crippen molar-refractivity contribution in [1.82, 2.24) is 15.0 Å². The first kappa shape index (κ1) is 28.6. The van der Waals surface area contributed by atoms with Crippen LogP contribution in [0.5, 0.6) is 0 Å². The van der Waals surface area contributed by atoms with Crippen molar-refractivity contribution in [3.8, 4) is 56.4 Å². The zero-order chi connectivity index (χ0) is 33.0. The molecule has 3 aromatic heterocycles. The van der Waals surface area contributed by atoms with Crippen LogP contribution < -0.4 is 0 Å². The average molecular weight is 658 g/mol. The van der Waals surface area contributed by atoms with Gasteiger partial charge in [-0.1, -0.05) is 140 Å². The molecule has 0 N–H and O–H groups in total. The predicted octanol–water partition coefficient (Wildman–Crippen LogP) is 12.5. The lowest BCUT2D eigenvalue weighted by Gasteiger charge is -2.10. The molecule has 0 amide bonds. The third kappa shape index (κ3) is 4.79. The third-order valence-electron chi connectivity index (χ3n) is 9.35. The number of nitrogens with zero attached hydrogens (tertiary/aromatic N) is 3. The van der Waals surface area contributed by atoms with Crippen molar-refractivity contribution in [1.29, 1.82) is 0 Å². The molecule has 7 aromatic carbocycles. The van der Waals surface area contributed by atoms with E-state index in [9.17, 15) is 0 Å². The third-order valence-corrected chi connectivity index (χ3v) is 10.6. The normalized spacial score (nSPS) is 11.6. The van der Waals surface area contributed by atoms with Crippen molar-refractivity contribution >= 4 is 53.4 Å². The summed E-state index contributed by atoms with van der Waals surface area (Å²) >= 11 is 1.84. The molecule has 0 atom stereocenters. The molecular formula is C45H27N3OS. The van der Waals surface area contributed by atoms with Crippen molar-refractivity contribution in [3.05, 3.63) is 164 Å². The van der Waals surface area contributed by atoms with E-state index in [0.29, 0.717) is 17.5 Å². The standard InChI is InChI=1S/C45H27N3OS/c1-3-12-28(13-4-1)33-19-10-21-37-35-25-24-32(27-39(35)49-41(33)37)45-47-43(29-14-5-2-6-15-29)46-44(48-45)31-17-9-16-30(26-31)34-20-11-22-38-36-18-7-8-23-40(36)50-42(34)38/h1-27H. The van der Waals surface area contributed by atoms with Gasteiger partial charge >= 0.3 is 0 Å². The van der Waals surface area contributed by atoms with Crippen molar-refractivity contribution in [2.45, 2.75) is 0 Å². The van der Waals surface area contributed by atoms with Gasteiger partial charge in [-0.2, -0.15) is 0 Å². The molecular weight excluding hydrogens is 631 g/mol. The molecule has 0 spiro atoms. The van der Waals surface area contributed by atoms with Gasteiger partial charge in [0.05, 0.1) is 0 Å². The van der Waals surface area contributed by atoms with E-state index in [1.165, 1.54) is 25.7 Å². The van der Waals surface area contributed by atoms with Crippen LogP contribution in [0.15, 0.2) is 168 Å². The SMILES string of the molecule is c1ccc(-c2nc(-c3cccc(-c4cccc5c4sc4ccccc45)c3)nc(-c3ccc4c(c3)oc3c(-c5ccccc5)cccc34)n2)cc1. The fraction of sp³-hybridized carbons (Fsp3) is 0. The van der Waals surface area contributed by atoms with E-state index in [0.717, 1.165) is 55.3 Å². The lowest BCUT2D eigenvalue weighted by molar-refractivity contribution is 0.670. The molecule has 5 heteroatoms. The Morgan fingerprint density at radius 2 is 0.960 bits per heavy atom. The summed E-state index contributed by atoms with van der Waals surface area (Å²) in [5.74, 6) is 1.84. The van der Waals surface area contributed by atoms with Gasteiger partial charge in [0.2, 0.25) is 0 Å². The predicted molar refractivity (Wildman–Crippen MR) is 207 cm³/mol. The molecule has 0 unspecified atom stereocenters. The zero-order valence-corrected chi connectivity index (χ0v) is 27.6. The largest absolute Gasteiger partial charge is 0.455 e. The minimum atomic E-state index is 0.594. The van der Waals surface area contributed by atoms with Crippen LogP contribution in [0.1, 0.15) is 0 Å². The van der Waals surface area contributed by atoms with Gasteiger partial charge in [0.1, 0.15) is 11.2 Å². The number of thiophene rings is 1. The highest BCUT2D eigenvalue weighted by Crippen LogP contribution is 2.41. The minimum Gasteiger partial charge on any atom is -0.455 e. The summed E-state index contributed by atoms with van der Waals surface area (Å²) in [6.07, 6.45) is 0. The lowest BCUT2D eigenvalue weighted by atomic mass is 10.0. The maximum atomic E-state index is 6.58. The highest BCUT2D eigenvalue weighted by Gasteiger charge is 2.17. The molecule has 0 aliphatic rings. The second-order valence-electron chi connectivity index (χ2n) is 12.4. The van der Waals surface area contributed by atoms with Crippen LogP contribution in [0, 0.1) is 0 Å². The van der Waals surface area contributed by atoms with Crippen molar-refractivity contribution in [2.75, 3.05) is 0 Å². The van der Waals surface area contributed by atoms with E-state index in [2.05, 4.69) is 127 Å². The van der Waals surface area contributed by atoms with Gasteiger partial charge in [0.15, 0.2) is 17.5 Å². The molecule has 0 saturated heterocycles. The Balaban J connectivity index is 1.12. The van der Waals surface area contributed by atoms with Gasteiger partial charge in [-0.3, -0.25) is 0 Å². The van der Waals surface area contributed by atoms with Crippen LogP contribution in [0.3, 0.4) is 0 Å². The highest BCUT2D eigenvalue weighted by molar-refractivity contribution is 7.26. The van der Waals surface area contributed by atoms with E-state index >= 15 is 0 Å². The van der Waals surface area contributed by atoms with Gasteiger partial charge in [0.25, 0.3) is 0 Å². The van der Waals surface area contributed by atoms with Gasteiger partial charge in [-0.25, -0.2) is 15.0 Å². The molecule has 0 aliphatic carbocycles. The number of hydrogen-bond acceptors (Lipinski definition) is 5.